The highest BCUT2D eigenvalue weighted by Crippen LogP contribution is 2.31. The van der Waals surface area contributed by atoms with Crippen molar-refractivity contribution in [2.45, 2.75) is 13.5 Å². The summed E-state index contributed by atoms with van der Waals surface area (Å²) in [5, 5.41) is 3.68. The number of nitrogens with one attached hydrogen (secondary N) is 1. The van der Waals surface area contributed by atoms with Gasteiger partial charge in [0.05, 0.1) is 23.3 Å². The van der Waals surface area contributed by atoms with Crippen molar-refractivity contribution in [3.8, 4) is 0 Å². The van der Waals surface area contributed by atoms with Gasteiger partial charge in [-0.05, 0) is 31.2 Å². The number of hydrogen-bond donors (Lipinski definition) is 1. The summed E-state index contributed by atoms with van der Waals surface area (Å²) in [6.07, 6.45) is 0. The summed E-state index contributed by atoms with van der Waals surface area (Å²) in [7, 11) is 1.78. The van der Waals surface area contributed by atoms with Gasteiger partial charge in [0.15, 0.2) is 5.13 Å². The lowest BCUT2D eigenvalue weighted by Crippen LogP contribution is -2.36. The minimum atomic E-state index is 0.0214. The van der Waals surface area contributed by atoms with Crippen LogP contribution >= 0.6 is 11.3 Å². The maximum absolute atomic E-state index is 12.5. The van der Waals surface area contributed by atoms with E-state index in [1.165, 1.54) is 0 Å². The highest BCUT2D eigenvalue weighted by atomic mass is 32.1. The van der Waals surface area contributed by atoms with Crippen LogP contribution in [0.25, 0.3) is 10.2 Å². The van der Waals surface area contributed by atoms with Crippen molar-refractivity contribution >= 4 is 32.6 Å². The zero-order valence-electron chi connectivity index (χ0n) is 13.2. The number of para-hydroxylation sites is 1. The summed E-state index contributed by atoms with van der Waals surface area (Å²) in [6.45, 7) is 2.87. The molecule has 0 saturated carbocycles. The van der Waals surface area contributed by atoms with Gasteiger partial charge in [0, 0.05) is 0 Å². The first kappa shape index (κ1) is 15.6. The predicted octanol–water partition coefficient (Wildman–Crippen LogP) is 3.36. The Labute approximate surface area is 139 Å². The van der Waals surface area contributed by atoms with Crippen LogP contribution in [0.1, 0.15) is 11.1 Å². The number of carbonyl (C=O) groups is 1. The zero-order valence-corrected chi connectivity index (χ0v) is 14.1. The number of likely N-dealkylation sites (N-methyl/N-ethyl adjacent to an activating group) is 1. The fourth-order valence-corrected chi connectivity index (χ4v) is 3.53. The van der Waals surface area contributed by atoms with Gasteiger partial charge in [0.1, 0.15) is 0 Å². The number of aromatic nitrogens is 1. The largest absolute Gasteiger partial charge is 0.311 e. The Kier molecular flexibility index (Phi) is 4.69. The van der Waals surface area contributed by atoms with Crippen LogP contribution in [0.15, 0.2) is 48.5 Å². The van der Waals surface area contributed by atoms with Crippen LogP contribution in [0.3, 0.4) is 0 Å². The van der Waals surface area contributed by atoms with Gasteiger partial charge in [-0.15, -0.1) is 0 Å². The van der Waals surface area contributed by atoms with Crippen molar-refractivity contribution in [2.75, 3.05) is 18.5 Å². The summed E-state index contributed by atoms with van der Waals surface area (Å²) >= 11 is 1.56. The number of fused-ring (bicyclic) bond motifs is 1. The molecule has 1 aromatic heterocycles. The zero-order chi connectivity index (χ0) is 16.2. The fourth-order valence-electron chi connectivity index (χ4n) is 2.47. The van der Waals surface area contributed by atoms with Gasteiger partial charge >= 0.3 is 0 Å². The van der Waals surface area contributed by atoms with Crippen LogP contribution in [0.5, 0.6) is 0 Å². The van der Waals surface area contributed by atoms with Gasteiger partial charge < -0.3 is 5.32 Å². The molecule has 118 valence electrons. The number of hydrogen-bond acceptors (Lipinski definition) is 4. The highest BCUT2D eigenvalue weighted by molar-refractivity contribution is 7.22. The van der Waals surface area contributed by atoms with Gasteiger partial charge in [-0.25, -0.2) is 4.98 Å². The summed E-state index contributed by atoms with van der Waals surface area (Å²) in [6, 6.07) is 16.1. The molecule has 1 amide bonds. The van der Waals surface area contributed by atoms with Gasteiger partial charge in [-0.3, -0.25) is 9.69 Å². The Balaban J connectivity index is 1.99. The minimum Gasteiger partial charge on any atom is -0.311 e. The molecule has 3 aromatic rings. The molecule has 0 radical (unpaired) electrons. The first-order valence-electron chi connectivity index (χ1n) is 7.54. The van der Waals surface area contributed by atoms with E-state index in [1.807, 2.05) is 55.5 Å². The molecule has 0 fully saturated rings. The van der Waals surface area contributed by atoms with E-state index in [0.29, 0.717) is 13.1 Å². The molecule has 0 atom stereocenters. The van der Waals surface area contributed by atoms with Gasteiger partial charge in [-0.2, -0.15) is 0 Å². The Morgan fingerprint density at radius 3 is 2.65 bits per heavy atom. The number of aryl methyl sites for hydroxylation is 1. The lowest BCUT2D eigenvalue weighted by atomic mass is 10.2. The number of thiazole rings is 1. The second kappa shape index (κ2) is 6.89. The second-order valence-corrected chi connectivity index (χ2v) is 6.42. The molecule has 23 heavy (non-hydrogen) atoms. The molecule has 1 N–H and O–H groups in total. The van der Waals surface area contributed by atoms with Crippen LogP contribution in [-0.2, 0) is 11.3 Å². The molecule has 4 nitrogen and oxygen atoms in total. The van der Waals surface area contributed by atoms with Crippen LogP contribution in [0, 0.1) is 6.92 Å². The van der Waals surface area contributed by atoms with Gasteiger partial charge in [0.25, 0.3) is 0 Å². The van der Waals surface area contributed by atoms with E-state index in [-0.39, 0.29) is 5.91 Å². The molecule has 2 aromatic carbocycles. The Morgan fingerprint density at radius 1 is 1.17 bits per heavy atom. The number of benzene rings is 2. The third kappa shape index (κ3) is 3.41. The van der Waals surface area contributed by atoms with Gasteiger partial charge in [0.2, 0.25) is 5.91 Å². The molecular formula is C18H19N3OS. The minimum absolute atomic E-state index is 0.0214. The molecule has 0 spiro atoms. The molecular weight excluding hydrogens is 306 g/mol. The van der Waals surface area contributed by atoms with Crippen molar-refractivity contribution in [3.63, 3.8) is 0 Å². The first-order valence-corrected chi connectivity index (χ1v) is 8.35. The highest BCUT2D eigenvalue weighted by Gasteiger charge is 2.19. The number of amides is 1. The maximum atomic E-state index is 12.5. The number of nitrogens with zero attached hydrogens (tertiary/aromatic N) is 2. The van der Waals surface area contributed by atoms with E-state index in [4.69, 9.17) is 4.98 Å². The molecule has 1 heterocycles. The normalized spacial score (nSPS) is 10.9. The van der Waals surface area contributed by atoms with E-state index in [9.17, 15) is 4.79 Å². The van der Waals surface area contributed by atoms with Crippen LogP contribution in [0.4, 0.5) is 5.13 Å². The summed E-state index contributed by atoms with van der Waals surface area (Å²) < 4.78 is 1.11. The summed E-state index contributed by atoms with van der Waals surface area (Å²) in [4.78, 5) is 19.0. The van der Waals surface area contributed by atoms with Crippen LogP contribution < -0.4 is 10.2 Å². The van der Waals surface area contributed by atoms with Crippen molar-refractivity contribution < 1.29 is 4.79 Å². The molecule has 0 aliphatic heterocycles. The average molecular weight is 325 g/mol. The number of rotatable bonds is 5. The third-order valence-corrected chi connectivity index (χ3v) is 4.70. The number of anilines is 1. The fraction of sp³-hybridized carbons (Fsp3) is 0.222. The van der Waals surface area contributed by atoms with Crippen molar-refractivity contribution in [3.05, 3.63) is 59.7 Å². The lowest BCUT2D eigenvalue weighted by Gasteiger charge is -2.19. The van der Waals surface area contributed by atoms with Crippen LogP contribution in [0.2, 0.25) is 0 Å². The van der Waals surface area contributed by atoms with E-state index in [0.717, 1.165) is 26.5 Å². The molecule has 3 rings (SSSR count). The lowest BCUT2D eigenvalue weighted by molar-refractivity contribution is -0.117. The Morgan fingerprint density at radius 2 is 1.96 bits per heavy atom. The molecule has 0 aliphatic rings. The average Bonchev–Trinajstić information content (AvgIpc) is 2.99. The molecule has 0 saturated heterocycles. The third-order valence-electron chi connectivity index (χ3n) is 3.65. The Hall–Kier alpha value is -2.24. The molecule has 0 bridgehead atoms. The maximum Gasteiger partial charge on any atom is 0.243 e. The van der Waals surface area contributed by atoms with E-state index in [1.54, 1.807) is 23.3 Å². The predicted molar refractivity (Wildman–Crippen MR) is 95.9 cm³/mol. The van der Waals surface area contributed by atoms with Crippen molar-refractivity contribution in [1.29, 1.82) is 0 Å². The quantitative estimate of drug-likeness (QED) is 0.782. The summed E-state index contributed by atoms with van der Waals surface area (Å²) in [5.74, 6) is 0.0214. The smallest absolute Gasteiger partial charge is 0.243 e. The van der Waals surface area contributed by atoms with Crippen molar-refractivity contribution in [2.24, 2.45) is 0 Å². The van der Waals surface area contributed by atoms with E-state index in [2.05, 4.69) is 5.32 Å². The molecule has 0 aliphatic carbocycles. The molecule has 0 unspecified atom stereocenters. The number of carbonyl (C=O) groups excluding carboxylic acids is 1. The first-order chi connectivity index (χ1) is 11.2. The SMILES string of the molecule is CNCC(=O)N(Cc1ccccc1)c1nc2c(C)cccc2s1. The van der Waals surface area contributed by atoms with Crippen molar-refractivity contribution in [1.82, 2.24) is 10.3 Å². The monoisotopic (exact) mass is 325 g/mol. The molecule has 5 heteroatoms. The van der Waals surface area contributed by atoms with Crippen LogP contribution in [-0.4, -0.2) is 24.5 Å². The van der Waals surface area contributed by atoms with E-state index >= 15 is 0 Å². The standard InChI is InChI=1S/C18H19N3OS/c1-13-7-6-10-15-17(13)20-18(23-15)21(16(22)11-19-2)12-14-8-4-3-5-9-14/h3-10,19H,11-12H2,1-2H3. The topological polar surface area (TPSA) is 45.2 Å². The van der Waals surface area contributed by atoms with Gasteiger partial charge in [-0.1, -0.05) is 53.8 Å². The van der Waals surface area contributed by atoms with E-state index < -0.39 is 0 Å². The summed E-state index contributed by atoms with van der Waals surface area (Å²) in [5.41, 5.74) is 3.20. The second-order valence-electron chi connectivity index (χ2n) is 5.41. The Bertz CT molecular complexity index is 814.